The Morgan fingerprint density at radius 1 is 1.53 bits per heavy atom. The molecule has 0 spiro atoms. The molecule has 0 amide bonds. The summed E-state index contributed by atoms with van der Waals surface area (Å²) in [6.07, 6.45) is -0.381. The van der Waals surface area contributed by atoms with Crippen molar-refractivity contribution in [1.29, 1.82) is 0 Å². The molecule has 0 aliphatic carbocycles. The van der Waals surface area contributed by atoms with Gasteiger partial charge in [-0.3, -0.25) is 4.79 Å². The fraction of sp³-hybridized carbons (Fsp3) is 0.500. The number of ether oxygens (including phenoxy) is 1. The molecular weight excluding hydrogens is 249 g/mol. The third-order valence-corrected chi connectivity index (χ3v) is 3.22. The number of hydrogen-bond acceptors (Lipinski definition) is 4. The molecule has 19 heavy (non-hydrogen) atoms. The van der Waals surface area contributed by atoms with E-state index in [1.807, 2.05) is 11.8 Å². The summed E-state index contributed by atoms with van der Waals surface area (Å²) in [5.74, 6) is -0.576. The van der Waals surface area contributed by atoms with Crippen molar-refractivity contribution >= 4 is 11.5 Å². The van der Waals surface area contributed by atoms with Crippen molar-refractivity contribution < 1.29 is 19.0 Å². The van der Waals surface area contributed by atoms with Crippen molar-refractivity contribution in [2.75, 3.05) is 24.6 Å². The fourth-order valence-corrected chi connectivity index (χ4v) is 2.33. The number of aliphatic hydroxyl groups is 1. The lowest BCUT2D eigenvalue weighted by Crippen LogP contribution is -2.48. The average molecular weight is 267 g/mol. The summed E-state index contributed by atoms with van der Waals surface area (Å²) >= 11 is 0. The number of Topliss-reactive ketones (excluding diaryl/α,β-unsaturated/α-hetero) is 1. The van der Waals surface area contributed by atoms with Crippen LogP contribution in [0.3, 0.4) is 0 Å². The summed E-state index contributed by atoms with van der Waals surface area (Å²) in [5.41, 5.74) is 0.805. The van der Waals surface area contributed by atoms with Crippen LogP contribution in [0.1, 0.15) is 24.2 Å². The lowest BCUT2D eigenvalue weighted by atomic mass is 10.1. The third kappa shape index (κ3) is 3.11. The van der Waals surface area contributed by atoms with Gasteiger partial charge < -0.3 is 14.7 Å². The number of anilines is 1. The van der Waals surface area contributed by atoms with Crippen LogP contribution in [0, 0.1) is 5.82 Å². The normalized spacial score (nSPS) is 23.5. The highest BCUT2D eigenvalue weighted by Crippen LogP contribution is 2.24. The molecule has 1 heterocycles. The van der Waals surface area contributed by atoms with Gasteiger partial charge in [0.05, 0.1) is 24.5 Å². The molecule has 0 radical (unpaired) electrons. The summed E-state index contributed by atoms with van der Waals surface area (Å²) in [6.45, 7) is 4.21. The van der Waals surface area contributed by atoms with Crippen LogP contribution in [0.25, 0.3) is 0 Å². The molecule has 1 aromatic carbocycles. The quantitative estimate of drug-likeness (QED) is 0.845. The largest absolute Gasteiger partial charge is 0.394 e. The van der Waals surface area contributed by atoms with Crippen LogP contribution in [0.5, 0.6) is 0 Å². The Balaban J connectivity index is 2.23. The van der Waals surface area contributed by atoms with Crippen molar-refractivity contribution in [1.82, 2.24) is 0 Å². The molecule has 104 valence electrons. The Hall–Kier alpha value is -1.46. The molecule has 1 fully saturated rings. The van der Waals surface area contributed by atoms with Gasteiger partial charge in [-0.25, -0.2) is 4.39 Å². The summed E-state index contributed by atoms with van der Waals surface area (Å²) in [4.78, 5) is 13.0. The molecule has 1 aliphatic heterocycles. The van der Waals surface area contributed by atoms with Gasteiger partial charge >= 0.3 is 0 Å². The molecule has 2 atom stereocenters. The topological polar surface area (TPSA) is 49.8 Å². The summed E-state index contributed by atoms with van der Waals surface area (Å²) in [6, 6.07) is 4.49. The Morgan fingerprint density at radius 2 is 2.26 bits per heavy atom. The van der Waals surface area contributed by atoms with Gasteiger partial charge in [0.1, 0.15) is 5.82 Å². The van der Waals surface area contributed by atoms with E-state index in [0.29, 0.717) is 24.3 Å². The van der Waals surface area contributed by atoms with Crippen molar-refractivity contribution in [3.05, 3.63) is 29.6 Å². The van der Waals surface area contributed by atoms with Gasteiger partial charge in [0.2, 0.25) is 0 Å². The van der Waals surface area contributed by atoms with Crippen molar-refractivity contribution in [3.63, 3.8) is 0 Å². The molecule has 1 saturated heterocycles. The van der Waals surface area contributed by atoms with Gasteiger partial charge in [-0.2, -0.15) is 0 Å². The van der Waals surface area contributed by atoms with Gasteiger partial charge in [0, 0.05) is 18.7 Å². The van der Waals surface area contributed by atoms with Crippen molar-refractivity contribution in [2.45, 2.75) is 26.1 Å². The molecule has 1 aliphatic rings. The zero-order valence-electron chi connectivity index (χ0n) is 11.1. The minimum atomic E-state index is -0.418. The molecule has 0 bridgehead atoms. The second kappa shape index (κ2) is 5.67. The second-order valence-electron chi connectivity index (χ2n) is 4.88. The zero-order chi connectivity index (χ0) is 14.0. The Kier molecular flexibility index (Phi) is 4.17. The van der Waals surface area contributed by atoms with Crippen molar-refractivity contribution in [3.8, 4) is 0 Å². The number of halogens is 1. The highest BCUT2D eigenvalue weighted by atomic mass is 19.1. The highest BCUT2D eigenvalue weighted by Gasteiger charge is 2.26. The zero-order valence-corrected chi connectivity index (χ0v) is 11.1. The minimum Gasteiger partial charge on any atom is -0.394 e. The molecular formula is C14H18FNO3. The third-order valence-electron chi connectivity index (χ3n) is 3.22. The van der Waals surface area contributed by atoms with Crippen LogP contribution in [-0.2, 0) is 4.74 Å². The number of nitrogens with zero attached hydrogens (tertiary/aromatic N) is 1. The van der Waals surface area contributed by atoms with Crippen LogP contribution in [-0.4, -0.2) is 42.8 Å². The smallest absolute Gasteiger partial charge is 0.159 e. The first kappa shape index (κ1) is 14.0. The van der Waals surface area contributed by atoms with Crippen LogP contribution in [0.2, 0.25) is 0 Å². The van der Waals surface area contributed by atoms with Crippen LogP contribution < -0.4 is 4.90 Å². The lowest BCUT2D eigenvalue weighted by Gasteiger charge is -2.37. The Bertz CT molecular complexity index is 478. The first-order valence-electron chi connectivity index (χ1n) is 6.33. The molecule has 0 aromatic heterocycles. The molecule has 4 nitrogen and oxygen atoms in total. The van der Waals surface area contributed by atoms with E-state index in [1.54, 1.807) is 12.1 Å². The number of benzene rings is 1. The number of carbonyl (C=O) groups is 1. The number of aliphatic hydroxyl groups excluding tert-OH is 1. The monoisotopic (exact) mass is 267 g/mol. The number of rotatable bonds is 3. The number of hydrogen-bond donors (Lipinski definition) is 1. The Morgan fingerprint density at radius 3 is 2.84 bits per heavy atom. The van der Waals surface area contributed by atoms with Gasteiger partial charge in [-0.15, -0.1) is 0 Å². The van der Waals surface area contributed by atoms with Gasteiger partial charge in [0.15, 0.2) is 5.78 Å². The van der Waals surface area contributed by atoms with Crippen molar-refractivity contribution in [2.24, 2.45) is 0 Å². The second-order valence-corrected chi connectivity index (χ2v) is 4.88. The van der Waals surface area contributed by atoms with E-state index in [1.165, 1.54) is 13.0 Å². The predicted molar refractivity (Wildman–Crippen MR) is 70.0 cm³/mol. The van der Waals surface area contributed by atoms with E-state index in [9.17, 15) is 9.18 Å². The summed E-state index contributed by atoms with van der Waals surface area (Å²) in [5, 5.41) is 9.17. The number of morpholine rings is 1. The predicted octanol–water partition coefficient (Wildman–Crippen LogP) is 1.61. The number of ketones is 1. The van der Waals surface area contributed by atoms with E-state index in [4.69, 9.17) is 9.84 Å². The molecule has 1 aromatic rings. The van der Waals surface area contributed by atoms with Crippen LogP contribution in [0.15, 0.2) is 18.2 Å². The van der Waals surface area contributed by atoms with E-state index in [0.717, 1.165) is 0 Å². The van der Waals surface area contributed by atoms with Crippen LogP contribution in [0.4, 0.5) is 10.1 Å². The van der Waals surface area contributed by atoms with Gasteiger partial charge in [-0.1, -0.05) is 0 Å². The van der Waals surface area contributed by atoms with E-state index < -0.39 is 5.82 Å². The first-order chi connectivity index (χ1) is 9.01. The summed E-state index contributed by atoms with van der Waals surface area (Å²) in [7, 11) is 0. The maximum atomic E-state index is 14.1. The molecule has 1 N–H and O–H groups in total. The Labute approximate surface area is 111 Å². The maximum Gasteiger partial charge on any atom is 0.159 e. The fourth-order valence-electron chi connectivity index (χ4n) is 2.33. The number of carbonyl (C=O) groups excluding carboxylic acids is 1. The molecule has 0 saturated carbocycles. The highest BCUT2D eigenvalue weighted by molar-refractivity contribution is 5.94. The van der Waals surface area contributed by atoms with Gasteiger partial charge in [-0.05, 0) is 32.0 Å². The maximum absolute atomic E-state index is 14.1. The molecule has 2 rings (SSSR count). The van der Waals surface area contributed by atoms with Crippen LogP contribution >= 0.6 is 0 Å². The van der Waals surface area contributed by atoms with Gasteiger partial charge in [0.25, 0.3) is 0 Å². The SMILES string of the molecule is CC(=O)c1ccc(N2CC(C)OC(CO)C2)c(F)c1. The van der Waals surface area contributed by atoms with E-state index in [-0.39, 0.29) is 24.6 Å². The lowest BCUT2D eigenvalue weighted by molar-refractivity contribution is -0.0422. The average Bonchev–Trinajstić information content (AvgIpc) is 2.37. The summed E-state index contributed by atoms with van der Waals surface area (Å²) < 4.78 is 19.6. The minimum absolute atomic E-state index is 0.0715. The van der Waals surface area contributed by atoms with E-state index in [2.05, 4.69) is 0 Å². The standard InChI is InChI=1S/C14H18FNO3/c1-9-6-16(7-12(8-17)19-9)14-4-3-11(10(2)18)5-13(14)15/h3-5,9,12,17H,6-8H2,1-2H3. The molecule has 2 unspecified atom stereocenters. The van der Waals surface area contributed by atoms with E-state index >= 15 is 0 Å². The first-order valence-corrected chi connectivity index (χ1v) is 6.33. The molecule has 5 heteroatoms.